The molecule has 2 heterocycles. The van der Waals surface area contributed by atoms with Gasteiger partial charge in [0.15, 0.2) is 11.5 Å². The number of ether oxygens (including phenoxy) is 3. The summed E-state index contributed by atoms with van der Waals surface area (Å²) in [7, 11) is 0. The van der Waals surface area contributed by atoms with Gasteiger partial charge >= 0.3 is 0 Å². The normalized spacial score (nSPS) is 23.3. The molecule has 1 aliphatic heterocycles. The van der Waals surface area contributed by atoms with Crippen LogP contribution in [0.2, 0.25) is 0 Å². The minimum atomic E-state index is -0.633. The van der Waals surface area contributed by atoms with E-state index >= 15 is 0 Å². The molecular weight excluding hydrogens is 358 g/mol. The Labute approximate surface area is 163 Å². The first-order valence-electron chi connectivity index (χ1n) is 9.43. The number of nitriles is 1. The molecule has 1 atom stereocenters. The largest absolute Gasteiger partial charge is 0.485 e. The molecule has 1 aliphatic carbocycles. The Kier molecular flexibility index (Phi) is 5.29. The lowest BCUT2D eigenvalue weighted by atomic mass is 9.93. The summed E-state index contributed by atoms with van der Waals surface area (Å²) < 4.78 is 17.3. The molecule has 144 valence electrons. The lowest BCUT2D eigenvalue weighted by molar-refractivity contribution is -0.131. The minimum absolute atomic E-state index is 0.0646. The van der Waals surface area contributed by atoms with Gasteiger partial charge in [-0.3, -0.25) is 4.79 Å². The topological polar surface area (TPSA) is 93.5 Å². The average molecular weight is 379 g/mol. The lowest BCUT2D eigenvalue weighted by Crippen LogP contribution is -2.49. The fourth-order valence-corrected chi connectivity index (χ4v) is 3.45. The van der Waals surface area contributed by atoms with Crippen molar-refractivity contribution < 1.29 is 19.0 Å². The third kappa shape index (κ3) is 4.17. The quantitative estimate of drug-likeness (QED) is 0.878. The minimum Gasteiger partial charge on any atom is -0.485 e. The zero-order chi connectivity index (χ0) is 19.3. The SMILES string of the molecule is N#Cc1ccc(OC2CCC(NC(=O)C3COc4ccccc4O3)CC2)nc1. The van der Waals surface area contributed by atoms with Crippen LogP contribution in [0.15, 0.2) is 42.6 Å². The Morgan fingerprint density at radius 2 is 1.93 bits per heavy atom. The zero-order valence-electron chi connectivity index (χ0n) is 15.3. The molecule has 2 aliphatic rings. The maximum absolute atomic E-state index is 12.5. The summed E-state index contributed by atoms with van der Waals surface area (Å²) in [6.45, 7) is 0.214. The third-order valence-electron chi connectivity index (χ3n) is 4.97. The standard InChI is InChI=1S/C21H21N3O4/c22-11-14-5-10-20(23-12-14)27-16-8-6-15(7-9-16)24-21(25)19-13-26-17-3-1-2-4-18(17)28-19/h1-5,10,12,15-16,19H,6-9,13H2,(H,24,25). The zero-order valence-corrected chi connectivity index (χ0v) is 15.3. The monoisotopic (exact) mass is 379 g/mol. The number of amides is 1. The number of aromatic nitrogens is 1. The van der Waals surface area contributed by atoms with Crippen LogP contribution in [-0.4, -0.2) is 35.7 Å². The van der Waals surface area contributed by atoms with Crippen molar-refractivity contribution in [3.8, 4) is 23.4 Å². The highest BCUT2D eigenvalue weighted by Gasteiger charge is 2.30. The highest BCUT2D eigenvalue weighted by atomic mass is 16.6. The second-order valence-electron chi connectivity index (χ2n) is 6.96. The van der Waals surface area contributed by atoms with Gasteiger partial charge in [0, 0.05) is 18.3 Å². The van der Waals surface area contributed by atoms with Gasteiger partial charge in [0.1, 0.15) is 18.8 Å². The van der Waals surface area contributed by atoms with Crippen LogP contribution >= 0.6 is 0 Å². The summed E-state index contributed by atoms with van der Waals surface area (Å²) in [5.41, 5.74) is 0.510. The Hall–Kier alpha value is -3.27. The summed E-state index contributed by atoms with van der Waals surface area (Å²) in [5.74, 6) is 1.65. The van der Waals surface area contributed by atoms with Crippen LogP contribution in [-0.2, 0) is 4.79 Å². The number of para-hydroxylation sites is 2. The van der Waals surface area contributed by atoms with Crippen molar-refractivity contribution in [3.63, 3.8) is 0 Å². The number of carbonyl (C=O) groups is 1. The van der Waals surface area contributed by atoms with E-state index in [4.69, 9.17) is 19.5 Å². The van der Waals surface area contributed by atoms with Crippen LogP contribution < -0.4 is 19.5 Å². The number of pyridine rings is 1. The van der Waals surface area contributed by atoms with E-state index < -0.39 is 6.10 Å². The first-order chi connectivity index (χ1) is 13.7. The second-order valence-corrected chi connectivity index (χ2v) is 6.96. The van der Waals surface area contributed by atoms with Crippen LogP contribution in [0, 0.1) is 11.3 Å². The predicted molar refractivity (Wildman–Crippen MR) is 100 cm³/mol. The second kappa shape index (κ2) is 8.17. The number of rotatable bonds is 4. The van der Waals surface area contributed by atoms with Crippen molar-refractivity contribution in [2.75, 3.05) is 6.61 Å². The van der Waals surface area contributed by atoms with Gasteiger partial charge in [-0.2, -0.15) is 5.26 Å². The highest BCUT2D eigenvalue weighted by Crippen LogP contribution is 2.31. The Morgan fingerprint density at radius 3 is 2.64 bits per heavy atom. The van der Waals surface area contributed by atoms with Gasteiger partial charge in [0.05, 0.1) is 5.56 Å². The summed E-state index contributed by atoms with van der Waals surface area (Å²) >= 11 is 0. The maximum atomic E-state index is 12.5. The van der Waals surface area contributed by atoms with Crippen molar-refractivity contribution in [3.05, 3.63) is 48.2 Å². The van der Waals surface area contributed by atoms with Crippen LogP contribution in [0.4, 0.5) is 0 Å². The van der Waals surface area contributed by atoms with E-state index in [1.54, 1.807) is 18.2 Å². The average Bonchev–Trinajstić information content (AvgIpc) is 2.75. The van der Waals surface area contributed by atoms with Gasteiger partial charge in [-0.1, -0.05) is 12.1 Å². The lowest BCUT2D eigenvalue weighted by Gasteiger charge is -2.31. The van der Waals surface area contributed by atoms with Gasteiger partial charge in [-0.25, -0.2) is 4.98 Å². The highest BCUT2D eigenvalue weighted by molar-refractivity contribution is 5.82. The molecule has 0 saturated heterocycles. The number of hydrogen-bond acceptors (Lipinski definition) is 6. The van der Waals surface area contributed by atoms with Crippen molar-refractivity contribution in [1.82, 2.24) is 10.3 Å². The molecular formula is C21H21N3O4. The van der Waals surface area contributed by atoms with Crippen LogP contribution in [0.5, 0.6) is 17.4 Å². The van der Waals surface area contributed by atoms with Crippen LogP contribution in [0.25, 0.3) is 0 Å². The van der Waals surface area contributed by atoms with Gasteiger partial charge < -0.3 is 19.5 Å². The Bertz CT molecular complexity index is 870. The van der Waals surface area contributed by atoms with Crippen LogP contribution in [0.1, 0.15) is 31.2 Å². The number of fused-ring (bicyclic) bond motifs is 1. The summed E-state index contributed by atoms with van der Waals surface area (Å²) in [6.07, 6.45) is 4.26. The molecule has 7 nitrogen and oxygen atoms in total. The molecule has 1 saturated carbocycles. The Balaban J connectivity index is 1.24. The number of carbonyl (C=O) groups excluding carboxylic acids is 1. The number of benzene rings is 1. The number of hydrogen-bond donors (Lipinski definition) is 1. The number of nitrogens with zero attached hydrogens (tertiary/aromatic N) is 2. The van der Waals surface area contributed by atoms with Crippen molar-refractivity contribution >= 4 is 5.91 Å². The first kappa shape index (κ1) is 18.1. The predicted octanol–water partition coefficient (Wildman–Crippen LogP) is 2.60. The first-order valence-corrected chi connectivity index (χ1v) is 9.43. The van der Waals surface area contributed by atoms with E-state index in [1.165, 1.54) is 6.20 Å². The fraction of sp³-hybridized carbons (Fsp3) is 0.381. The molecule has 1 aromatic carbocycles. The molecule has 0 bridgehead atoms. The fourth-order valence-electron chi connectivity index (χ4n) is 3.45. The molecule has 1 unspecified atom stereocenters. The number of nitrogens with one attached hydrogen (secondary N) is 1. The Morgan fingerprint density at radius 1 is 1.14 bits per heavy atom. The van der Waals surface area contributed by atoms with Crippen molar-refractivity contribution in [1.29, 1.82) is 5.26 Å². The van der Waals surface area contributed by atoms with Crippen molar-refractivity contribution in [2.24, 2.45) is 0 Å². The molecule has 0 spiro atoms. The third-order valence-corrected chi connectivity index (χ3v) is 4.97. The van der Waals surface area contributed by atoms with E-state index in [0.29, 0.717) is 22.9 Å². The van der Waals surface area contributed by atoms with E-state index in [9.17, 15) is 4.79 Å². The molecule has 7 heteroatoms. The summed E-state index contributed by atoms with van der Waals surface area (Å²) in [5, 5.41) is 11.9. The molecule has 1 fully saturated rings. The van der Waals surface area contributed by atoms with E-state index in [-0.39, 0.29) is 24.7 Å². The van der Waals surface area contributed by atoms with E-state index in [2.05, 4.69) is 10.3 Å². The van der Waals surface area contributed by atoms with E-state index in [0.717, 1.165) is 25.7 Å². The molecule has 4 rings (SSSR count). The van der Waals surface area contributed by atoms with Gasteiger partial charge in [0.2, 0.25) is 12.0 Å². The summed E-state index contributed by atoms with van der Waals surface area (Å²) in [6, 6.07) is 12.9. The van der Waals surface area contributed by atoms with E-state index in [1.807, 2.05) is 24.3 Å². The molecule has 0 radical (unpaired) electrons. The molecule has 28 heavy (non-hydrogen) atoms. The van der Waals surface area contributed by atoms with Gasteiger partial charge in [0.25, 0.3) is 5.91 Å². The molecule has 1 amide bonds. The van der Waals surface area contributed by atoms with Crippen molar-refractivity contribution in [2.45, 2.75) is 43.9 Å². The molecule has 1 N–H and O–H groups in total. The smallest absolute Gasteiger partial charge is 0.264 e. The van der Waals surface area contributed by atoms with Gasteiger partial charge in [-0.05, 0) is 43.9 Å². The maximum Gasteiger partial charge on any atom is 0.264 e. The summed E-state index contributed by atoms with van der Waals surface area (Å²) in [4.78, 5) is 16.7. The van der Waals surface area contributed by atoms with Gasteiger partial charge in [-0.15, -0.1) is 0 Å². The molecule has 2 aromatic rings. The molecule has 1 aromatic heterocycles. The van der Waals surface area contributed by atoms with Crippen LogP contribution in [0.3, 0.4) is 0 Å².